The van der Waals surface area contributed by atoms with Gasteiger partial charge in [-0.2, -0.15) is 0 Å². The van der Waals surface area contributed by atoms with Crippen molar-refractivity contribution in [3.05, 3.63) is 89.4 Å². The number of fused-ring (bicyclic) bond motifs is 1. The number of amides is 2. The molecule has 4 aromatic rings. The molecule has 6 nitrogen and oxygen atoms in total. The Morgan fingerprint density at radius 1 is 1.06 bits per heavy atom. The molecule has 1 N–H and O–H groups in total. The topological polar surface area (TPSA) is 71.5 Å². The molecule has 0 aliphatic rings. The zero-order valence-electron chi connectivity index (χ0n) is 17.5. The fraction of sp³-hybridized carbons (Fsp3) is 0.125. The number of hydrogen-bond donors (Lipinski definition) is 1. The van der Waals surface area contributed by atoms with E-state index in [1.165, 1.54) is 16.2 Å². The number of para-hydroxylation sites is 1. The van der Waals surface area contributed by atoms with E-state index in [4.69, 9.17) is 4.74 Å². The quantitative estimate of drug-likeness (QED) is 0.436. The Balaban J connectivity index is 1.58. The van der Waals surface area contributed by atoms with Crippen LogP contribution >= 0.6 is 11.3 Å². The van der Waals surface area contributed by atoms with Crippen molar-refractivity contribution in [2.45, 2.75) is 12.5 Å². The van der Waals surface area contributed by atoms with Gasteiger partial charge in [0.25, 0.3) is 0 Å². The number of hydrogen-bond acceptors (Lipinski definition) is 5. The highest BCUT2D eigenvalue weighted by atomic mass is 32.1. The van der Waals surface area contributed by atoms with E-state index in [9.17, 15) is 18.4 Å². The average molecular weight is 467 g/mol. The Morgan fingerprint density at radius 2 is 1.79 bits per heavy atom. The minimum Gasteiger partial charge on any atom is -0.410 e. The number of likely N-dealkylation sites (N-methyl/N-ethyl adjacent to an activating group) is 1. The molecule has 1 atom stereocenters. The molecule has 0 saturated heterocycles. The smallest absolute Gasteiger partial charge is 0.410 e. The van der Waals surface area contributed by atoms with E-state index in [-0.39, 0.29) is 12.0 Å². The molecule has 0 aliphatic heterocycles. The second-order valence-electron chi connectivity index (χ2n) is 7.28. The van der Waals surface area contributed by atoms with Gasteiger partial charge >= 0.3 is 6.09 Å². The summed E-state index contributed by atoms with van der Waals surface area (Å²) in [6, 6.07) is 15.6. The van der Waals surface area contributed by atoms with Crippen LogP contribution in [-0.2, 0) is 11.2 Å². The lowest BCUT2D eigenvalue weighted by Crippen LogP contribution is -2.49. The van der Waals surface area contributed by atoms with E-state index in [0.717, 1.165) is 28.4 Å². The van der Waals surface area contributed by atoms with Gasteiger partial charge in [0.15, 0.2) is 0 Å². The van der Waals surface area contributed by atoms with Gasteiger partial charge in [-0.3, -0.25) is 4.79 Å². The number of benzene rings is 3. The van der Waals surface area contributed by atoms with Crippen molar-refractivity contribution in [1.29, 1.82) is 0 Å². The van der Waals surface area contributed by atoms with Crippen molar-refractivity contribution in [1.82, 2.24) is 10.3 Å². The van der Waals surface area contributed by atoms with Crippen LogP contribution in [0.3, 0.4) is 0 Å². The predicted molar refractivity (Wildman–Crippen MR) is 122 cm³/mol. The van der Waals surface area contributed by atoms with Gasteiger partial charge in [-0.1, -0.05) is 18.2 Å². The van der Waals surface area contributed by atoms with Gasteiger partial charge in [0.1, 0.15) is 23.4 Å². The third-order valence-electron chi connectivity index (χ3n) is 4.94. The lowest BCUT2D eigenvalue weighted by atomic mass is 10.0. The summed E-state index contributed by atoms with van der Waals surface area (Å²) in [7, 11) is 1.55. The zero-order valence-corrected chi connectivity index (χ0v) is 18.3. The van der Waals surface area contributed by atoms with Crippen LogP contribution in [0, 0.1) is 11.6 Å². The van der Waals surface area contributed by atoms with Crippen LogP contribution in [0.2, 0.25) is 0 Å². The molecule has 0 spiro atoms. The molecule has 0 unspecified atom stereocenters. The molecule has 0 bridgehead atoms. The van der Waals surface area contributed by atoms with Crippen LogP contribution in [0.4, 0.5) is 19.3 Å². The zero-order chi connectivity index (χ0) is 23.4. The molecular weight excluding hydrogens is 448 g/mol. The molecule has 0 saturated carbocycles. The van der Waals surface area contributed by atoms with Crippen molar-refractivity contribution in [3.8, 4) is 5.75 Å². The number of rotatable bonds is 6. The van der Waals surface area contributed by atoms with Gasteiger partial charge in [-0.05, 0) is 48.0 Å². The fourth-order valence-electron chi connectivity index (χ4n) is 3.35. The van der Waals surface area contributed by atoms with Crippen molar-refractivity contribution >= 4 is 39.2 Å². The van der Waals surface area contributed by atoms with Crippen molar-refractivity contribution in [2.24, 2.45) is 0 Å². The van der Waals surface area contributed by atoms with Gasteiger partial charge < -0.3 is 15.0 Å². The Kier molecular flexibility index (Phi) is 6.60. The summed E-state index contributed by atoms with van der Waals surface area (Å²) < 4.78 is 33.6. The van der Waals surface area contributed by atoms with Gasteiger partial charge in [-0.25, -0.2) is 18.6 Å². The molecule has 0 fully saturated rings. The second-order valence-corrected chi connectivity index (χ2v) is 8.17. The molecular formula is C24H19F2N3O3S. The summed E-state index contributed by atoms with van der Waals surface area (Å²) in [4.78, 5) is 31.4. The Labute approximate surface area is 192 Å². The molecule has 4 rings (SSSR count). The summed E-state index contributed by atoms with van der Waals surface area (Å²) in [5.74, 6) is -1.74. The predicted octanol–water partition coefficient (Wildman–Crippen LogP) is 4.94. The van der Waals surface area contributed by atoms with E-state index in [0.29, 0.717) is 11.4 Å². The van der Waals surface area contributed by atoms with Gasteiger partial charge in [0, 0.05) is 25.2 Å². The van der Waals surface area contributed by atoms with Crippen molar-refractivity contribution < 1.29 is 23.1 Å². The summed E-state index contributed by atoms with van der Waals surface area (Å²) in [6.45, 7) is 0. The molecule has 0 aliphatic carbocycles. The van der Waals surface area contributed by atoms with E-state index >= 15 is 0 Å². The van der Waals surface area contributed by atoms with E-state index in [1.807, 2.05) is 6.07 Å². The molecule has 1 aromatic heterocycles. The Hall–Kier alpha value is -3.85. The van der Waals surface area contributed by atoms with Crippen molar-refractivity contribution in [3.63, 3.8) is 0 Å². The highest BCUT2D eigenvalue weighted by molar-refractivity contribution is 7.16. The number of anilines is 1. The summed E-state index contributed by atoms with van der Waals surface area (Å²) in [6.07, 6.45) is -1.000. The van der Waals surface area contributed by atoms with Gasteiger partial charge in [0.2, 0.25) is 5.91 Å². The van der Waals surface area contributed by atoms with E-state index in [2.05, 4.69) is 10.3 Å². The molecule has 33 heavy (non-hydrogen) atoms. The van der Waals surface area contributed by atoms with Crippen LogP contribution < -0.4 is 15.0 Å². The lowest BCUT2D eigenvalue weighted by Gasteiger charge is -2.25. The number of thiazole rings is 1. The molecule has 3 aromatic carbocycles. The van der Waals surface area contributed by atoms with Crippen LogP contribution in [0.5, 0.6) is 5.75 Å². The third-order valence-corrected chi connectivity index (χ3v) is 5.75. The first kappa shape index (κ1) is 22.3. The second kappa shape index (κ2) is 9.74. The van der Waals surface area contributed by atoms with Crippen LogP contribution in [0.15, 0.2) is 72.2 Å². The minimum atomic E-state index is -1.14. The number of carbonyl (C=O) groups excluding carboxylic acids is 2. The number of aromatic nitrogens is 1. The normalized spacial score (nSPS) is 11.7. The highest BCUT2D eigenvalue weighted by Gasteiger charge is 2.27. The Morgan fingerprint density at radius 3 is 2.52 bits per heavy atom. The number of halogens is 2. The monoisotopic (exact) mass is 467 g/mol. The molecule has 2 amide bonds. The fourth-order valence-corrected chi connectivity index (χ4v) is 4.01. The maximum absolute atomic E-state index is 13.7. The first-order valence-corrected chi connectivity index (χ1v) is 10.9. The summed E-state index contributed by atoms with van der Waals surface area (Å²) in [5.41, 5.74) is 3.22. The van der Waals surface area contributed by atoms with Gasteiger partial charge in [-0.15, -0.1) is 11.3 Å². The Bertz CT molecular complexity index is 1280. The largest absolute Gasteiger partial charge is 0.413 e. The average Bonchev–Trinajstić information content (AvgIpc) is 3.25. The molecule has 168 valence electrons. The van der Waals surface area contributed by atoms with E-state index < -0.39 is 29.7 Å². The van der Waals surface area contributed by atoms with E-state index in [1.54, 1.807) is 55.0 Å². The van der Waals surface area contributed by atoms with Crippen LogP contribution in [-0.4, -0.2) is 30.1 Å². The number of nitrogens with zero attached hydrogens (tertiary/aromatic N) is 2. The lowest BCUT2D eigenvalue weighted by molar-refractivity contribution is -0.120. The molecule has 0 radical (unpaired) electrons. The molecule has 9 heteroatoms. The van der Waals surface area contributed by atoms with Crippen LogP contribution in [0.25, 0.3) is 10.2 Å². The highest BCUT2D eigenvalue weighted by Crippen LogP contribution is 2.24. The number of ether oxygens (including phenoxy) is 1. The van der Waals surface area contributed by atoms with Crippen molar-refractivity contribution in [2.75, 3.05) is 11.9 Å². The maximum atomic E-state index is 13.7. The summed E-state index contributed by atoms with van der Waals surface area (Å²) in [5, 5.41) is 2.52. The minimum absolute atomic E-state index is 0.138. The molecule has 1 heterocycles. The SMILES string of the molecule is CN(C(=O)[C@H](Cc1cc(F)cc(F)c1)NC(=O)Oc1ccccc1)c1ccc2scnc2c1. The summed E-state index contributed by atoms with van der Waals surface area (Å²) >= 11 is 1.48. The third kappa shape index (κ3) is 5.50. The number of nitrogens with one attached hydrogen (secondary N) is 1. The number of carbonyl (C=O) groups is 2. The van der Waals surface area contributed by atoms with Crippen LogP contribution in [0.1, 0.15) is 5.56 Å². The van der Waals surface area contributed by atoms with Gasteiger partial charge in [0.05, 0.1) is 15.7 Å². The first-order valence-electron chi connectivity index (χ1n) is 9.98. The maximum Gasteiger partial charge on any atom is 0.413 e. The first-order chi connectivity index (χ1) is 15.9. The standard InChI is InChI=1S/C24H19F2N3O3S/c1-29(18-7-8-22-20(13-18)27-14-33-22)23(30)21(11-15-9-16(25)12-17(26)10-15)28-24(31)32-19-5-3-2-4-6-19/h2-10,12-14,21H,11H2,1H3,(H,28,31)/t21-/m0/s1.